The fraction of sp³-hybridized carbons (Fsp3) is 0.500. The second-order valence-electron chi connectivity index (χ2n) is 4.24. The minimum Gasteiger partial charge on any atom is -0.357 e. The maximum absolute atomic E-state index is 10.5. The molecule has 1 aromatic heterocycles. The van der Waals surface area contributed by atoms with Gasteiger partial charge in [0.25, 0.3) is 0 Å². The zero-order valence-corrected chi connectivity index (χ0v) is 9.02. The molecular weight excluding hydrogens is 188 g/mol. The Kier molecular flexibility index (Phi) is 2.99. The third kappa shape index (κ3) is 2.35. The van der Waals surface area contributed by atoms with E-state index in [1.165, 1.54) is 12.8 Å². The van der Waals surface area contributed by atoms with Crippen molar-refractivity contribution in [2.24, 2.45) is 5.92 Å². The third-order valence-corrected chi connectivity index (χ3v) is 3.01. The van der Waals surface area contributed by atoms with Crippen molar-refractivity contribution in [3.8, 4) is 0 Å². The van der Waals surface area contributed by atoms with Crippen LogP contribution in [0.3, 0.4) is 0 Å². The van der Waals surface area contributed by atoms with Crippen molar-refractivity contribution in [1.82, 2.24) is 4.98 Å². The number of hydrogen-bond donors (Lipinski definition) is 0. The molecule has 0 bridgehead atoms. The summed E-state index contributed by atoms with van der Waals surface area (Å²) in [5, 5.41) is 0. The van der Waals surface area contributed by atoms with E-state index in [-0.39, 0.29) is 0 Å². The molecule has 0 atom stereocenters. The molecule has 3 nitrogen and oxygen atoms in total. The SMILES string of the molecule is CC1CCN(c2ccc(C=O)cn2)CC1. The van der Waals surface area contributed by atoms with Crippen molar-refractivity contribution in [3.05, 3.63) is 23.9 Å². The Bertz CT molecular complexity index is 326. The van der Waals surface area contributed by atoms with Gasteiger partial charge in [0.1, 0.15) is 5.82 Å². The normalized spacial score (nSPS) is 17.8. The summed E-state index contributed by atoms with van der Waals surface area (Å²) in [5.74, 6) is 1.82. The molecular formula is C12H16N2O. The lowest BCUT2D eigenvalue weighted by atomic mass is 9.99. The molecule has 1 fully saturated rings. The number of carbonyl (C=O) groups is 1. The van der Waals surface area contributed by atoms with E-state index >= 15 is 0 Å². The fourth-order valence-electron chi connectivity index (χ4n) is 1.89. The Labute approximate surface area is 90.1 Å². The molecule has 0 spiro atoms. The highest BCUT2D eigenvalue weighted by Gasteiger charge is 2.16. The Morgan fingerprint density at radius 3 is 2.67 bits per heavy atom. The largest absolute Gasteiger partial charge is 0.357 e. The van der Waals surface area contributed by atoms with Crippen molar-refractivity contribution in [3.63, 3.8) is 0 Å². The van der Waals surface area contributed by atoms with Crippen molar-refractivity contribution in [1.29, 1.82) is 0 Å². The van der Waals surface area contributed by atoms with Crippen LogP contribution in [0.25, 0.3) is 0 Å². The molecule has 0 aromatic carbocycles. The number of aldehydes is 1. The smallest absolute Gasteiger partial charge is 0.151 e. The van der Waals surface area contributed by atoms with Gasteiger partial charge in [0.05, 0.1) is 0 Å². The van der Waals surface area contributed by atoms with E-state index in [1.54, 1.807) is 6.20 Å². The molecule has 0 unspecified atom stereocenters. The highest BCUT2D eigenvalue weighted by atomic mass is 16.1. The van der Waals surface area contributed by atoms with Crippen molar-refractivity contribution in [2.45, 2.75) is 19.8 Å². The average Bonchev–Trinajstić information content (AvgIpc) is 2.30. The first kappa shape index (κ1) is 10.1. The van der Waals surface area contributed by atoms with Crippen LogP contribution in [-0.4, -0.2) is 24.4 Å². The number of aromatic nitrogens is 1. The second kappa shape index (κ2) is 4.43. The molecule has 1 aliphatic rings. The van der Waals surface area contributed by atoms with Crippen LogP contribution in [0.4, 0.5) is 5.82 Å². The van der Waals surface area contributed by atoms with Gasteiger partial charge in [-0.3, -0.25) is 4.79 Å². The van der Waals surface area contributed by atoms with Gasteiger partial charge >= 0.3 is 0 Å². The minimum atomic E-state index is 0.643. The Morgan fingerprint density at radius 2 is 2.13 bits per heavy atom. The van der Waals surface area contributed by atoms with Gasteiger partial charge in [-0.2, -0.15) is 0 Å². The summed E-state index contributed by atoms with van der Waals surface area (Å²) in [6.45, 7) is 4.45. The Balaban J connectivity index is 2.06. The monoisotopic (exact) mass is 204 g/mol. The highest BCUT2D eigenvalue weighted by molar-refractivity contribution is 5.74. The molecule has 0 radical (unpaired) electrons. The molecule has 15 heavy (non-hydrogen) atoms. The first-order valence-corrected chi connectivity index (χ1v) is 5.46. The summed E-state index contributed by atoms with van der Waals surface area (Å²) < 4.78 is 0. The summed E-state index contributed by atoms with van der Waals surface area (Å²) in [5.41, 5.74) is 0.643. The van der Waals surface area contributed by atoms with Crippen LogP contribution < -0.4 is 4.90 Å². The molecule has 80 valence electrons. The van der Waals surface area contributed by atoms with E-state index in [0.717, 1.165) is 31.1 Å². The van der Waals surface area contributed by atoms with Gasteiger partial charge in [0.2, 0.25) is 0 Å². The van der Waals surface area contributed by atoms with Gasteiger partial charge in [0.15, 0.2) is 6.29 Å². The Hall–Kier alpha value is -1.38. The van der Waals surface area contributed by atoms with Crippen molar-refractivity contribution in [2.75, 3.05) is 18.0 Å². The second-order valence-corrected chi connectivity index (χ2v) is 4.24. The molecule has 2 rings (SSSR count). The van der Waals surface area contributed by atoms with E-state index < -0.39 is 0 Å². The average molecular weight is 204 g/mol. The summed E-state index contributed by atoms with van der Waals surface area (Å²) in [7, 11) is 0. The van der Waals surface area contributed by atoms with Gasteiger partial charge in [-0.15, -0.1) is 0 Å². The number of hydrogen-bond acceptors (Lipinski definition) is 3. The van der Waals surface area contributed by atoms with Crippen LogP contribution in [0.15, 0.2) is 18.3 Å². The zero-order chi connectivity index (χ0) is 10.7. The van der Waals surface area contributed by atoms with E-state index in [4.69, 9.17) is 0 Å². The predicted octanol–water partition coefficient (Wildman–Crippen LogP) is 2.13. The molecule has 0 aliphatic carbocycles. The molecule has 1 aliphatic heterocycles. The summed E-state index contributed by atoms with van der Waals surface area (Å²) in [6, 6.07) is 3.76. The van der Waals surface area contributed by atoms with E-state index in [9.17, 15) is 4.79 Å². The van der Waals surface area contributed by atoms with Crippen LogP contribution in [0.1, 0.15) is 30.1 Å². The number of nitrogens with zero attached hydrogens (tertiary/aromatic N) is 2. The van der Waals surface area contributed by atoms with Crippen molar-refractivity contribution < 1.29 is 4.79 Å². The predicted molar refractivity (Wildman–Crippen MR) is 60.2 cm³/mol. The third-order valence-electron chi connectivity index (χ3n) is 3.01. The zero-order valence-electron chi connectivity index (χ0n) is 9.02. The maximum Gasteiger partial charge on any atom is 0.151 e. The fourth-order valence-corrected chi connectivity index (χ4v) is 1.89. The van der Waals surface area contributed by atoms with Crippen LogP contribution in [-0.2, 0) is 0 Å². The van der Waals surface area contributed by atoms with Gasteiger partial charge in [-0.25, -0.2) is 4.98 Å². The Morgan fingerprint density at radius 1 is 1.40 bits per heavy atom. The standard InChI is InChI=1S/C12H16N2O/c1-10-4-6-14(7-5-10)12-3-2-11(9-15)8-13-12/h2-3,8-10H,4-7H2,1H3. The molecule has 0 N–H and O–H groups in total. The number of piperidine rings is 1. The minimum absolute atomic E-state index is 0.643. The molecule has 0 amide bonds. The molecule has 0 saturated carbocycles. The van der Waals surface area contributed by atoms with E-state index in [1.807, 2.05) is 12.1 Å². The van der Waals surface area contributed by atoms with Crippen LogP contribution in [0, 0.1) is 5.92 Å². The maximum atomic E-state index is 10.5. The molecule has 2 heterocycles. The summed E-state index contributed by atoms with van der Waals surface area (Å²) in [6.07, 6.45) is 4.93. The quantitative estimate of drug-likeness (QED) is 0.692. The first-order valence-electron chi connectivity index (χ1n) is 5.46. The van der Waals surface area contributed by atoms with Crippen molar-refractivity contribution >= 4 is 12.1 Å². The van der Waals surface area contributed by atoms with E-state index in [0.29, 0.717) is 5.56 Å². The highest BCUT2D eigenvalue weighted by Crippen LogP contribution is 2.20. The van der Waals surface area contributed by atoms with E-state index in [2.05, 4.69) is 16.8 Å². The topological polar surface area (TPSA) is 33.2 Å². The number of anilines is 1. The number of carbonyl (C=O) groups excluding carboxylic acids is 1. The number of pyridine rings is 1. The van der Waals surface area contributed by atoms with Crippen LogP contribution in [0.2, 0.25) is 0 Å². The molecule has 1 saturated heterocycles. The van der Waals surface area contributed by atoms with Gasteiger partial charge in [-0.1, -0.05) is 6.92 Å². The lowest BCUT2D eigenvalue weighted by molar-refractivity contribution is 0.112. The van der Waals surface area contributed by atoms with Gasteiger partial charge in [-0.05, 0) is 30.9 Å². The summed E-state index contributed by atoms with van der Waals surface area (Å²) in [4.78, 5) is 17.1. The molecule has 1 aromatic rings. The lowest BCUT2D eigenvalue weighted by Gasteiger charge is -2.31. The summed E-state index contributed by atoms with van der Waals surface area (Å²) >= 11 is 0. The van der Waals surface area contributed by atoms with Gasteiger partial charge in [0, 0.05) is 24.8 Å². The first-order chi connectivity index (χ1) is 7.29. The van der Waals surface area contributed by atoms with Gasteiger partial charge < -0.3 is 4.90 Å². The van der Waals surface area contributed by atoms with Crippen LogP contribution in [0.5, 0.6) is 0 Å². The number of rotatable bonds is 2. The lowest BCUT2D eigenvalue weighted by Crippen LogP contribution is -2.33. The van der Waals surface area contributed by atoms with Crippen LogP contribution >= 0.6 is 0 Å². The molecule has 3 heteroatoms.